The van der Waals surface area contributed by atoms with Crippen LogP contribution >= 0.6 is 0 Å². The molecule has 72 valence electrons. The van der Waals surface area contributed by atoms with Gasteiger partial charge in [-0.1, -0.05) is 0 Å². The Bertz CT molecular complexity index is 285. The summed E-state index contributed by atoms with van der Waals surface area (Å²) in [5, 5.41) is 16.4. The van der Waals surface area contributed by atoms with Crippen LogP contribution in [-0.4, -0.2) is 23.2 Å². The molecule has 0 radical (unpaired) electrons. The Labute approximate surface area is 74.0 Å². The summed E-state index contributed by atoms with van der Waals surface area (Å²) < 4.78 is 4.68. The Morgan fingerprint density at radius 2 is 2.54 bits per heavy atom. The summed E-state index contributed by atoms with van der Waals surface area (Å²) in [6.45, 7) is 1.54. The standard InChI is InChI=1S/C6H10N4O3/c7-1-2-8-4-5-3-6(9-13-5)10(11)12/h3,8H,1-2,4,7H2. The van der Waals surface area contributed by atoms with Gasteiger partial charge in [0.05, 0.1) is 12.6 Å². The number of hydrogen-bond donors (Lipinski definition) is 2. The van der Waals surface area contributed by atoms with E-state index in [2.05, 4.69) is 15.0 Å². The van der Waals surface area contributed by atoms with Gasteiger partial charge in [-0.05, 0) is 4.92 Å². The van der Waals surface area contributed by atoms with Crippen molar-refractivity contribution in [1.82, 2.24) is 10.5 Å². The van der Waals surface area contributed by atoms with Crippen LogP contribution in [0.2, 0.25) is 0 Å². The molecule has 0 aliphatic carbocycles. The van der Waals surface area contributed by atoms with Crippen LogP contribution in [0.4, 0.5) is 5.82 Å². The monoisotopic (exact) mass is 186 g/mol. The van der Waals surface area contributed by atoms with Gasteiger partial charge in [0.1, 0.15) is 0 Å². The molecule has 0 amide bonds. The van der Waals surface area contributed by atoms with Crippen molar-refractivity contribution in [2.24, 2.45) is 5.73 Å². The van der Waals surface area contributed by atoms with Gasteiger partial charge in [0, 0.05) is 13.1 Å². The van der Waals surface area contributed by atoms with E-state index < -0.39 is 4.92 Å². The lowest BCUT2D eigenvalue weighted by Gasteiger charge is -1.95. The molecule has 13 heavy (non-hydrogen) atoms. The first-order valence-corrected chi connectivity index (χ1v) is 3.75. The van der Waals surface area contributed by atoms with Crippen LogP contribution in [-0.2, 0) is 6.54 Å². The molecule has 0 aliphatic heterocycles. The van der Waals surface area contributed by atoms with Gasteiger partial charge >= 0.3 is 5.82 Å². The maximum absolute atomic E-state index is 10.2. The normalized spacial score (nSPS) is 10.2. The smallest absolute Gasteiger partial charge is 0.358 e. The fourth-order valence-electron chi connectivity index (χ4n) is 0.785. The molecule has 0 fully saturated rings. The molecule has 0 bridgehead atoms. The van der Waals surface area contributed by atoms with Crippen LogP contribution in [0.25, 0.3) is 0 Å². The van der Waals surface area contributed by atoms with Gasteiger partial charge in [0.2, 0.25) is 0 Å². The number of nitrogens with zero attached hydrogens (tertiary/aromatic N) is 2. The Hall–Kier alpha value is -1.47. The molecule has 0 unspecified atom stereocenters. The quantitative estimate of drug-likeness (QED) is 0.369. The Kier molecular flexibility index (Phi) is 3.35. The van der Waals surface area contributed by atoms with Crippen molar-refractivity contribution in [3.8, 4) is 0 Å². The third kappa shape index (κ3) is 2.80. The van der Waals surface area contributed by atoms with E-state index in [9.17, 15) is 10.1 Å². The molecule has 7 heteroatoms. The van der Waals surface area contributed by atoms with Crippen LogP contribution in [0, 0.1) is 10.1 Å². The van der Waals surface area contributed by atoms with E-state index in [1.807, 2.05) is 0 Å². The second kappa shape index (κ2) is 4.53. The van der Waals surface area contributed by atoms with E-state index in [0.717, 1.165) is 0 Å². The third-order valence-corrected chi connectivity index (χ3v) is 1.35. The lowest BCUT2D eigenvalue weighted by molar-refractivity contribution is -0.390. The highest BCUT2D eigenvalue weighted by atomic mass is 16.6. The number of aromatic nitrogens is 1. The highest BCUT2D eigenvalue weighted by Crippen LogP contribution is 2.10. The Morgan fingerprint density at radius 1 is 1.77 bits per heavy atom. The fraction of sp³-hybridized carbons (Fsp3) is 0.500. The molecule has 1 aromatic rings. The van der Waals surface area contributed by atoms with Gasteiger partial charge in [-0.3, -0.25) is 4.52 Å². The zero-order valence-electron chi connectivity index (χ0n) is 6.90. The summed E-state index contributed by atoms with van der Waals surface area (Å²) in [4.78, 5) is 9.59. The van der Waals surface area contributed by atoms with Gasteiger partial charge in [0.15, 0.2) is 10.9 Å². The van der Waals surface area contributed by atoms with E-state index in [4.69, 9.17) is 5.73 Å². The molecular weight excluding hydrogens is 176 g/mol. The third-order valence-electron chi connectivity index (χ3n) is 1.35. The first-order chi connectivity index (χ1) is 6.24. The minimum Gasteiger partial charge on any atom is -0.358 e. The number of nitro groups is 1. The van der Waals surface area contributed by atoms with E-state index >= 15 is 0 Å². The van der Waals surface area contributed by atoms with Crippen LogP contribution < -0.4 is 11.1 Å². The summed E-state index contributed by atoms with van der Waals surface area (Å²) in [5.41, 5.74) is 5.23. The van der Waals surface area contributed by atoms with Crippen molar-refractivity contribution in [2.75, 3.05) is 13.1 Å². The predicted octanol–water partition coefficient (Wildman–Crippen LogP) is -0.369. The van der Waals surface area contributed by atoms with Crippen molar-refractivity contribution >= 4 is 5.82 Å². The molecule has 1 aromatic heterocycles. The predicted molar refractivity (Wildman–Crippen MR) is 43.9 cm³/mol. The first-order valence-electron chi connectivity index (χ1n) is 3.75. The van der Waals surface area contributed by atoms with Crippen molar-refractivity contribution in [1.29, 1.82) is 0 Å². The molecular formula is C6H10N4O3. The summed E-state index contributed by atoms with van der Waals surface area (Å²) in [5.74, 6) is 0.157. The summed E-state index contributed by atoms with van der Waals surface area (Å²) >= 11 is 0. The molecule has 0 aliphatic rings. The summed E-state index contributed by atoms with van der Waals surface area (Å²) in [6, 6.07) is 1.28. The minimum absolute atomic E-state index is 0.274. The zero-order valence-corrected chi connectivity index (χ0v) is 6.90. The van der Waals surface area contributed by atoms with E-state index in [1.165, 1.54) is 6.07 Å². The SMILES string of the molecule is NCCNCc1cc([N+](=O)[O-])no1. The number of rotatable bonds is 5. The van der Waals surface area contributed by atoms with Crippen LogP contribution in [0.1, 0.15) is 5.76 Å². The molecule has 0 atom stereocenters. The number of nitrogens with two attached hydrogens (primary N) is 1. The van der Waals surface area contributed by atoms with Crippen LogP contribution in [0.15, 0.2) is 10.6 Å². The molecule has 0 saturated heterocycles. The largest absolute Gasteiger partial charge is 0.413 e. The molecule has 0 aromatic carbocycles. The highest BCUT2D eigenvalue weighted by Gasteiger charge is 2.13. The number of nitrogens with one attached hydrogen (secondary N) is 1. The maximum atomic E-state index is 10.2. The zero-order chi connectivity index (χ0) is 9.68. The topological polar surface area (TPSA) is 107 Å². The molecule has 1 rings (SSSR count). The van der Waals surface area contributed by atoms with Crippen molar-refractivity contribution in [3.63, 3.8) is 0 Å². The molecule has 3 N–H and O–H groups in total. The maximum Gasteiger partial charge on any atom is 0.413 e. The highest BCUT2D eigenvalue weighted by molar-refractivity contribution is 5.17. The average molecular weight is 186 g/mol. The second-order valence-corrected chi connectivity index (χ2v) is 2.37. The van der Waals surface area contributed by atoms with Crippen molar-refractivity contribution in [3.05, 3.63) is 21.9 Å². The minimum atomic E-state index is -0.601. The van der Waals surface area contributed by atoms with Gasteiger partial charge < -0.3 is 21.2 Å². The van der Waals surface area contributed by atoms with Crippen LogP contribution in [0.5, 0.6) is 0 Å². The van der Waals surface area contributed by atoms with Crippen molar-refractivity contribution in [2.45, 2.75) is 6.54 Å². The lowest BCUT2D eigenvalue weighted by Crippen LogP contribution is -2.21. The molecule has 0 saturated carbocycles. The molecule has 7 nitrogen and oxygen atoms in total. The lowest BCUT2D eigenvalue weighted by atomic mass is 10.4. The first kappa shape index (κ1) is 9.62. The average Bonchev–Trinajstić information content (AvgIpc) is 2.53. The van der Waals surface area contributed by atoms with Crippen molar-refractivity contribution < 1.29 is 9.45 Å². The summed E-state index contributed by atoms with van der Waals surface area (Å²) in [7, 11) is 0. The van der Waals surface area contributed by atoms with E-state index in [1.54, 1.807) is 0 Å². The van der Waals surface area contributed by atoms with Gasteiger partial charge in [0.25, 0.3) is 0 Å². The van der Waals surface area contributed by atoms with Gasteiger partial charge in [-0.15, -0.1) is 0 Å². The number of hydrogen-bond acceptors (Lipinski definition) is 6. The van der Waals surface area contributed by atoms with E-state index in [0.29, 0.717) is 25.4 Å². The fourth-order valence-corrected chi connectivity index (χ4v) is 0.785. The molecule has 1 heterocycles. The van der Waals surface area contributed by atoms with Crippen LogP contribution in [0.3, 0.4) is 0 Å². The Morgan fingerprint density at radius 3 is 3.08 bits per heavy atom. The molecule has 0 spiro atoms. The Balaban J connectivity index is 2.44. The van der Waals surface area contributed by atoms with Gasteiger partial charge in [-0.25, -0.2) is 0 Å². The van der Waals surface area contributed by atoms with Gasteiger partial charge in [-0.2, -0.15) is 0 Å². The van der Waals surface area contributed by atoms with E-state index in [-0.39, 0.29) is 5.82 Å². The second-order valence-electron chi connectivity index (χ2n) is 2.37. The summed E-state index contributed by atoms with van der Waals surface area (Å²) in [6.07, 6.45) is 0.